The van der Waals surface area contributed by atoms with Crippen LogP contribution in [0.3, 0.4) is 0 Å². The lowest BCUT2D eigenvalue weighted by Gasteiger charge is -2.20. The number of hydrogen-bond acceptors (Lipinski definition) is 6. The molecule has 30 heavy (non-hydrogen) atoms. The first kappa shape index (κ1) is 23.9. The quantitative estimate of drug-likeness (QED) is 0.539. The zero-order valence-electron chi connectivity index (χ0n) is 18.1. The highest BCUT2D eigenvalue weighted by Gasteiger charge is 2.13. The third-order valence-corrected chi connectivity index (χ3v) is 4.89. The summed E-state index contributed by atoms with van der Waals surface area (Å²) < 4.78 is 11.3. The number of benzene rings is 2. The van der Waals surface area contributed by atoms with E-state index in [-0.39, 0.29) is 19.0 Å². The van der Waals surface area contributed by atoms with Crippen LogP contribution in [0.4, 0.5) is 0 Å². The fourth-order valence-electron chi connectivity index (χ4n) is 3.49. The van der Waals surface area contributed by atoms with Crippen molar-refractivity contribution in [2.24, 2.45) is 5.73 Å². The molecule has 0 amide bonds. The Bertz CT molecular complexity index is 935. The van der Waals surface area contributed by atoms with Crippen LogP contribution in [0.15, 0.2) is 40.9 Å². The van der Waals surface area contributed by atoms with Gasteiger partial charge in [0, 0.05) is 6.54 Å². The maximum absolute atomic E-state index is 6.15. The first-order chi connectivity index (χ1) is 14.0. The number of aromatic nitrogens is 2. The zero-order valence-corrected chi connectivity index (χ0v) is 19.0. The van der Waals surface area contributed by atoms with Gasteiger partial charge in [-0.1, -0.05) is 54.0 Å². The monoisotopic (exact) mass is 430 g/mol. The summed E-state index contributed by atoms with van der Waals surface area (Å²) >= 11 is 0. The SMILES string of the molecule is CCN(Cc1cc(C)c(OCc2cccc(C)c2)c(C)c1)Cc1noc(CN)n1.Cl. The molecule has 162 valence electrons. The lowest BCUT2D eigenvalue weighted by Crippen LogP contribution is -2.23. The van der Waals surface area contributed by atoms with Gasteiger partial charge in [0.1, 0.15) is 12.4 Å². The van der Waals surface area contributed by atoms with Crippen molar-refractivity contribution >= 4 is 12.4 Å². The van der Waals surface area contributed by atoms with E-state index in [1.807, 2.05) is 0 Å². The molecule has 0 aliphatic heterocycles. The lowest BCUT2D eigenvalue weighted by molar-refractivity contribution is 0.258. The van der Waals surface area contributed by atoms with E-state index in [2.05, 4.69) is 79.1 Å². The molecule has 1 aromatic heterocycles. The summed E-state index contributed by atoms with van der Waals surface area (Å²) in [5.74, 6) is 2.10. The molecule has 2 aromatic carbocycles. The second-order valence-corrected chi connectivity index (χ2v) is 7.45. The molecule has 0 saturated heterocycles. The van der Waals surface area contributed by atoms with Gasteiger partial charge in [0.25, 0.3) is 0 Å². The molecule has 0 saturated carbocycles. The number of hydrogen-bond donors (Lipinski definition) is 1. The molecule has 3 aromatic rings. The molecule has 0 spiro atoms. The van der Waals surface area contributed by atoms with E-state index in [9.17, 15) is 0 Å². The van der Waals surface area contributed by atoms with E-state index in [0.29, 0.717) is 24.9 Å². The molecule has 7 heteroatoms. The highest BCUT2D eigenvalue weighted by molar-refractivity contribution is 5.85. The van der Waals surface area contributed by atoms with Gasteiger partial charge >= 0.3 is 0 Å². The summed E-state index contributed by atoms with van der Waals surface area (Å²) in [7, 11) is 0. The summed E-state index contributed by atoms with van der Waals surface area (Å²) in [6.07, 6.45) is 0. The van der Waals surface area contributed by atoms with Gasteiger partial charge < -0.3 is 15.0 Å². The van der Waals surface area contributed by atoms with Crippen molar-refractivity contribution in [1.82, 2.24) is 15.0 Å². The van der Waals surface area contributed by atoms with E-state index in [1.54, 1.807) is 0 Å². The third kappa shape index (κ3) is 6.29. The number of rotatable bonds is 9. The topological polar surface area (TPSA) is 77.4 Å². The van der Waals surface area contributed by atoms with Gasteiger partial charge in [-0.25, -0.2) is 0 Å². The van der Waals surface area contributed by atoms with Gasteiger partial charge in [-0.2, -0.15) is 4.98 Å². The number of aryl methyl sites for hydroxylation is 3. The van der Waals surface area contributed by atoms with Gasteiger partial charge in [-0.05, 0) is 49.6 Å². The summed E-state index contributed by atoms with van der Waals surface area (Å²) in [6, 6.07) is 12.8. The molecule has 0 aliphatic carbocycles. The van der Waals surface area contributed by atoms with Crippen molar-refractivity contribution in [3.8, 4) is 5.75 Å². The molecule has 0 bridgehead atoms. The predicted octanol–water partition coefficient (Wildman–Crippen LogP) is 4.48. The number of ether oxygens (including phenoxy) is 1. The van der Waals surface area contributed by atoms with E-state index in [0.717, 1.165) is 30.0 Å². The Labute approximate surface area is 184 Å². The van der Waals surface area contributed by atoms with Crippen LogP contribution in [0.1, 0.15) is 46.5 Å². The first-order valence-corrected chi connectivity index (χ1v) is 10.0. The standard InChI is InChI=1S/C23H30N4O2.ClH/c1-5-27(14-21-25-22(12-24)29-26-21)13-20-10-17(3)23(18(4)11-20)28-15-19-8-6-7-16(2)9-19;/h6-11H,5,12-15,24H2,1-4H3;1H. The summed E-state index contributed by atoms with van der Waals surface area (Å²) in [4.78, 5) is 6.57. The fourth-order valence-corrected chi connectivity index (χ4v) is 3.49. The molecule has 0 fully saturated rings. The van der Waals surface area contributed by atoms with Crippen LogP contribution >= 0.6 is 12.4 Å². The summed E-state index contributed by atoms with van der Waals surface area (Å²) in [5.41, 5.74) is 11.5. The Balaban J connectivity index is 0.00000320. The minimum absolute atomic E-state index is 0. The van der Waals surface area contributed by atoms with Gasteiger partial charge in [0.05, 0.1) is 13.1 Å². The van der Waals surface area contributed by atoms with Gasteiger partial charge in [-0.15, -0.1) is 12.4 Å². The van der Waals surface area contributed by atoms with Crippen LogP contribution < -0.4 is 10.5 Å². The normalized spacial score (nSPS) is 10.9. The van der Waals surface area contributed by atoms with Crippen molar-refractivity contribution in [3.63, 3.8) is 0 Å². The highest BCUT2D eigenvalue weighted by atomic mass is 35.5. The third-order valence-electron chi connectivity index (χ3n) is 4.89. The Hall–Kier alpha value is -2.41. The van der Waals surface area contributed by atoms with Crippen molar-refractivity contribution in [3.05, 3.63) is 75.9 Å². The van der Waals surface area contributed by atoms with Crippen LogP contribution in [0.2, 0.25) is 0 Å². The molecule has 0 radical (unpaired) electrons. The summed E-state index contributed by atoms with van der Waals surface area (Å²) in [5, 5.41) is 4.00. The molecule has 0 unspecified atom stereocenters. The second-order valence-electron chi connectivity index (χ2n) is 7.45. The Morgan fingerprint density at radius 3 is 2.37 bits per heavy atom. The van der Waals surface area contributed by atoms with E-state index < -0.39 is 0 Å². The van der Waals surface area contributed by atoms with E-state index in [4.69, 9.17) is 15.0 Å². The van der Waals surface area contributed by atoms with Crippen LogP contribution in [0, 0.1) is 20.8 Å². The number of nitrogens with zero attached hydrogens (tertiary/aromatic N) is 3. The molecule has 0 atom stereocenters. The van der Waals surface area contributed by atoms with Crippen LogP contribution in [0.25, 0.3) is 0 Å². The molecule has 2 N–H and O–H groups in total. The molecule has 0 aliphatic rings. The van der Waals surface area contributed by atoms with Crippen LogP contribution in [-0.4, -0.2) is 21.6 Å². The van der Waals surface area contributed by atoms with E-state index in [1.165, 1.54) is 16.7 Å². The number of halogens is 1. The number of nitrogens with two attached hydrogens (primary N) is 1. The average molecular weight is 431 g/mol. The molecular weight excluding hydrogens is 400 g/mol. The maximum atomic E-state index is 6.15. The van der Waals surface area contributed by atoms with Gasteiger partial charge in [0.2, 0.25) is 5.89 Å². The smallest absolute Gasteiger partial charge is 0.240 e. The fraction of sp³-hybridized carbons (Fsp3) is 0.391. The molecule has 6 nitrogen and oxygen atoms in total. The van der Waals surface area contributed by atoms with Gasteiger partial charge in [-0.3, -0.25) is 4.90 Å². The molecule has 3 rings (SSSR count). The largest absolute Gasteiger partial charge is 0.488 e. The average Bonchev–Trinajstić information content (AvgIpc) is 3.14. The lowest BCUT2D eigenvalue weighted by atomic mass is 10.0. The van der Waals surface area contributed by atoms with Crippen LogP contribution in [-0.2, 0) is 26.2 Å². The Kier molecular flexibility index (Phi) is 8.84. The predicted molar refractivity (Wildman–Crippen MR) is 121 cm³/mol. The highest BCUT2D eigenvalue weighted by Crippen LogP contribution is 2.26. The van der Waals surface area contributed by atoms with E-state index >= 15 is 0 Å². The Morgan fingerprint density at radius 1 is 1.03 bits per heavy atom. The minimum Gasteiger partial charge on any atom is -0.488 e. The zero-order chi connectivity index (χ0) is 20.8. The van der Waals surface area contributed by atoms with Crippen molar-refractivity contribution in [2.75, 3.05) is 6.54 Å². The van der Waals surface area contributed by atoms with Crippen molar-refractivity contribution in [2.45, 2.75) is 53.9 Å². The molecule has 1 heterocycles. The molecular formula is C23H31ClN4O2. The maximum Gasteiger partial charge on any atom is 0.240 e. The Morgan fingerprint density at radius 2 is 1.77 bits per heavy atom. The van der Waals surface area contributed by atoms with Crippen molar-refractivity contribution < 1.29 is 9.26 Å². The first-order valence-electron chi connectivity index (χ1n) is 10.0. The second kappa shape index (κ2) is 11.1. The van der Waals surface area contributed by atoms with Crippen molar-refractivity contribution in [1.29, 1.82) is 0 Å². The van der Waals surface area contributed by atoms with Crippen LogP contribution in [0.5, 0.6) is 5.75 Å². The summed E-state index contributed by atoms with van der Waals surface area (Å²) in [6.45, 7) is 11.6. The van der Waals surface area contributed by atoms with Gasteiger partial charge in [0.15, 0.2) is 5.82 Å². The minimum atomic E-state index is 0.